The van der Waals surface area contributed by atoms with Gasteiger partial charge in [0.15, 0.2) is 0 Å². The van der Waals surface area contributed by atoms with E-state index in [2.05, 4.69) is 76.8 Å². The van der Waals surface area contributed by atoms with Crippen molar-refractivity contribution in [2.24, 2.45) is 0 Å². The van der Waals surface area contributed by atoms with E-state index >= 15 is 0 Å². The topological polar surface area (TPSA) is 21.7 Å². The van der Waals surface area contributed by atoms with Crippen LogP contribution in [0.25, 0.3) is 6.08 Å². The highest BCUT2D eigenvalue weighted by Crippen LogP contribution is 2.37. The second-order valence-corrected chi connectivity index (χ2v) is 9.03. The number of rotatable bonds is 4. The molecule has 2 unspecified atom stereocenters. The molecule has 1 aromatic rings. The van der Waals surface area contributed by atoms with Crippen LogP contribution in [0.4, 0.5) is 0 Å². The molecular weight excluding hydrogens is 321 g/mol. The molecule has 2 aliphatic rings. The molecule has 0 amide bonds. The molecule has 0 N–H and O–H groups in total. The molecule has 142 valence electrons. The number of hydrogen-bond donors (Lipinski definition) is 0. The van der Waals surface area contributed by atoms with Gasteiger partial charge in [-0.1, -0.05) is 42.7 Å². The molecule has 2 heterocycles. The van der Waals surface area contributed by atoms with Crippen LogP contribution in [0.3, 0.4) is 0 Å². The van der Waals surface area contributed by atoms with Crippen LogP contribution in [0.5, 0.6) is 0 Å². The molecule has 2 fully saturated rings. The van der Waals surface area contributed by atoms with E-state index in [9.17, 15) is 0 Å². The Hall–Kier alpha value is -1.10. The predicted octanol–water partition coefficient (Wildman–Crippen LogP) is 5.09. The Labute approximate surface area is 159 Å². The van der Waals surface area contributed by atoms with Crippen LogP contribution in [0.15, 0.2) is 30.2 Å². The number of piperidine rings is 1. The minimum absolute atomic E-state index is 0.283. The lowest BCUT2D eigenvalue weighted by Gasteiger charge is -2.39. The number of benzene rings is 1. The average molecular weight is 355 g/mol. The van der Waals surface area contributed by atoms with E-state index in [0.29, 0.717) is 12.1 Å². The highest BCUT2D eigenvalue weighted by Gasteiger charge is 2.49. The van der Waals surface area contributed by atoms with Crippen molar-refractivity contribution >= 4 is 13.2 Å². The molecule has 4 heteroatoms. The molecule has 0 aliphatic carbocycles. The maximum absolute atomic E-state index is 6.02. The van der Waals surface area contributed by atoms with Crippen LogP contribution in [-0.2, 0) is 15.9 Å². The number of nitrogens with zero attached hydrogens (tertiary/aromatic N) is 1. The van der Waals surface area contributed by atoms with Crippen molar-refractivity contribution in [2.45, 2.75) is 90.6 Å². The second-order valence-electron chi connectivity index (χ2n) is 9.03. The summed E-state index contributed by atoms with van der Waals surface area (Å²) in [7, 11) is -0.283. The third-order valence-corrected chi connectivity index (χ3v) is 6.44. The standard InChI is InChI=1S/C22H34BNO2/c1-17-8-7-9-18(2)24(17)16-20-12-10-19(11-13-20)14-15-23-25-21(3,4)22(5,6)26-23/h10-15,17-18H,7-9,16H2,1-6H3/b15-14+. The van der Waals surface area contributed by atoms with Gasteiger partial charge < -0.3 is 9.31 Å². The van der Waals surface area contributed by atoms with Gasteiger partial charge in [0.2, 0.25) is 0 Å². The second kappa shape index (κ2) is 7.50. The SMILES string of the molecule is CC1CCCC(C)N1Cc1ccc(/C=C/B2OC(C)(C)C(C)(C)O2)cc1. The van der Waals surface area contributed by atoms with E-state index in [1.165, 1.54) is 30.4 Å². The molecule has 2 saturated heterocycles. The Kier molecular flexibility index (Phi) is 5.67. The van der Waals surface area contributed by atoms with Crippen LogP contribution in [0.1, 0.15) is 71.9 Å². The average Bonchev–Trinajstić information content (AvgIpc) is 2.77. The summed E-state index contributed by atoms with van der Waals surface area (Å²) >= 11 is 0. The van der Waals surface area contributed by atoms with Gasteiger partial charge in [-0.05, 0) is 65.5 Å². The van der Waals surface area contributed by atoms with E-state index in [-0.39, 0.29) is 18.3 Å². The number of hydrogen-bond acceptors (Lipinski definition) is 3. The summed E-state index contributed by atoms with van der Waals surface area (Å²) in [6, 6.07) is 10.2. The van der Waals surface area contributed by atoms with E-state index in [1.807, 2.05) is 5.98 Å². The molecule has 3 nitrogen and oxygen atoms in total. The predicted molar refractivity (Wildman–Crippen MR) is 110 cm³/mol. The zero-order chi connectivity index (χ0) is 18.9. The molecule has 0 radical (unpaired) electrons. The highest BCUT2D eigenvalue weighted by molar-refractivity contribution is 6.52. The van der Waals surface area contributed by atoms with Gasteiger partial charge >= 0.3 is 7.12 Å². The molecule has 1 aromatic carbocycles. The van der Waals surface area contributed by atoms with Crippen molar-refractivity contribution in [1.82, 2.24) is 4.90 Å². The minimum Gasteiger partial charge on any atom is -0.400 e. The lowest BCUT2D eigenvalue weighted by Crippen LogP contribution is -2.42. The fourth-order valence-electron chi connectivity index (χ4n) is 3.89. The molecule has 0 aromatic heterocycles. The fraction of sp³-hybridized carbons (Fsp3) is 0.636. The van der Waals surface area contributed by atoms with Gasteiger partial charge in [0, 0.05) is 18.6 Å². The summed E-state index contributed by atoms with van der Waals surface area (Å²) in [6.45, 7) is 14.1. The minimum atomic E-state index is -0.284. The first-order chi connectivity index (χ1) is 12.2. The Morgan fingerprint density at radius 3 is 2.08 bits per heavy atom. The smallest absolute Gasteiger partial charge is 0.400 e. The summed E-state index contributed by atoms with van der Waals surface area (Å²) in [5.74, 6) is 2.01. The van der Waals surface area contributed by atoms with Crippen molar-refractivity contribution in [3.63, 3.8) is 0 Å². The van der Waals surface area contributed by atoms with Gasteiger partial charge in [0.05, 0.1) is 11.2 Å². The van der Waals surface area contributed by atoms with Crippen molar-refractivity contribution < 1.29 is 9.31 Å². The summed E-state index contributed by atoms with van der Waals surface area (Å²) in [5.41, 5.74) is 2.00. The van der Waals surface area contributed by atoms with E-state index in [0.717, 1.165) is 6.54 Å². The van der Waals surface area contributed by atoms with E-state index in [4.69, 9.17) is 9.31 Å². The number of likely N-dealkylation sites (tertiary alicyclic amines) is 1. The van der Waals surface area contributed by atoms with Crippen molar-refractivity contribution in [2.75, 3.05) is 0 Å². The van der Waals surface area contributed by atoms with Crippen LogP contribution in [0.2, 0.25) is 0 Å². The summed E-state index contributed by atoms with van der Waals surface area (Å²) < 4.78 is 12.0. The van der Waals surface area contributed by atoms with Crippen LogP contribution >= 0.6 is 0 Å². The first-order valence-electron chi connectivity index (χ1n) is 10.1. The van der Waals surface area contributed by atoms with Gasteiger partial charge in [-0.25, -0.2) is 0 Å². The monoisotopic (exact) mass is 355 g/mol. The summed E-state index contributed by atoms with van der Waals surface area (Å²) in [6.07, 6.45) is 6.10. The zero-order valence-electron chi connectivity index (χ0n) is 17.3. The maximum Gasteiger partial charge on any atom is 0.487 e. The van der Waals surface area contributed by atoms with E-state index in [1.54, 1.807) is 0 Å². The van der Waals surface area contributed by atoms with Gasteiger partial charge in [-0.15, -0.1) is 0 Å². The van der Waals surface area contributed by atoms with Crippen LogP contribution < -0.4 is 0 Å². The molecule has 2 aliphatic heterocycles. The van der Waals surface area contributed by atoms with Gasteiger partial charge in [0.1, 0.15) is 0 Å². The van der Waals surface area contributed by atoms with Gasteiger partial charge in [-0.2, -0.15) is 0 Å². The Morgan fingerprint density at radius 2 is 1.54 bits per heavy atom. The van der Waals surface area contributed by atoms with Gasteiger partial charge in [0.25, 0.3) is 0 Å². The summed E-state index contributed by atoms with van der Waals surface area (Å²) in [5, 5.41) is 0. The maximum atomic E-state index is 6.02. The lowest BCUT2D eigenvalue weighted by atomic mass is 9.89. The normalized spacial score (nSPS) is 28.8. The first kappa shape index (κ1) is 19.7. The quantitative estimate of drug-likeness (QED) is 0.702. The third kappa shape index (κ3) is 4.24. The Bertz CT molecular complexity index is 612. The van der Waals surface area contributed by atoms with Gasteiger partial charge in [-0.3, -0.25) is 4.90 Å². The molecule has 3 rings (SSSR count). The molecule has 0 spiro atoms. The largest absolute Gasteiger partial charge is 0.487 e. The molecule has 0 saturated carbocycles. The highest BCUT2D eigenvalue weighted by atomic mass is 16.7. The van der Waals surface area contributed by atoms with E-state index < -0.39 is 0 Å². The van der Waals surface area contributed by atoms with Crippen molar-refractivity contribution in [1.29, 1.82) is 0 Å². The Morgan fingerprint density at radius 1 is 1.00 bits per heavy atom. The van der Waals surface area contributed by atoms with Crippen LogP contribution in [0, 0.1) is 0 Å². The summed E-state index contributed by atoms with van der Waals surface area (Å²) in [4.78, 5) is 2.64. The molecule has 2 atom stereocenters. The first-order valence-corrected chi connectivity index (χ1v) is 10.1. The molecular formula is C22H34BNO2. The third-order valence-electron chi connectivity index (χ3n) is 6.44. The van der Waals surface area contributed by atoms with Crippen LogP contribution in [-0.4, -0.2) is 35.3 Å². The van der Waals surface area contributed by atoms with Crippen molar-refractivity contribution in [3.8, 4) is 0 Å². The molecule has 26 heavy (non-hydrogen) atoms. The van der Waals surface area contributed by atoms with Crippen molar-refractivity contribution in [3.05, 3.63) is 41.4 Å². The lowest BCUT2D eigenvalue weighted by molar-refractivity contribution is 0.00578. The fourth-order valence-corrected chi connectivity index (χ4v) is 3.89. The molecule has 0 bridgehead atoms. The zero-order valence-corrected chi connectivity index (χ0v) is 17.3. The Balaban J connectivity index is 1.60.